The van der Waals surface area contributed by atoms with Crippen molar-refractivity contribution in [2.24, 2.45) is 0 Å². The average molecular weight is 330 g/mol. The summed E-state index contributed by atoms with van der Waals surface area (Å²) in [6.45, 7) is 4.34. The highest BCUT2D eigenvalue weighted by atomic mass is 32.1. The Labute approximate surface area is 141 Å². The predicted molar refractivity (Wildman–Crippen MR) is 91.2 cm³/mol. The van der Waals surface area contributed by atoms with Crippen LogP contribution in [0.4, 0.5) is 0 Å². The number of nitrogens with zero attached hydrogens (tertiary/aromatic N) is 4. The molecule has 3 rings (SSSR count). The van der Waals surface area contributed by atoms with Gasteiger partial charge in [-0.3, -0.25) is 9.69 Å². The highest BCUT2D eigenvalue weighted by Crippen LogP contribution is 2.25. The maximum Gasteiger partial charge on any atom is 0.230 e. The number of aromatic nitrogens is 2. The number of thiophene rings is 1. The number of rotatable bonds is 5. The zero-order chi connectivity index (χ0) is 16.2. The van der Waals surface area contributed by atoms with E-state index >= 15 is 0 Å². The SMILES string of the molecule is C[C@H](C(=O)N1CC[C@H](N(C)Cc2ncccn2)C1)c1cccs1. The largest absolute Gasteiger partial charge is 0.341 e. The molecule has 1 aliphatic heterocycles. The number of carbonyl (C=O) groups excluding carboxylic acids is 1. The van der Waals surface area contributed by atoms with Gasteiger partial charge in [0.2, 0.25) is 5.91 Å². The van der Waals surface area contributed by atoms with E-state index in [2.05, 4.69) is 21.9 Å². The highest BCUT2D eigenvalue weighted by molar-refractivity contribution is 7.10. The third-order valence-electron chi connectivity index (χ3n) is 4.45. The van der Waals surface area contributed by atoms with Crippen LogP contribution in [-0.4, -0.2) is 51.9 Å². The van der Waals surface area contributed by atoms with Crippen molar-refractivity contribution in [2.45, 2.75) is 31.8 Å². The van der Waals surface area contributed by atoms with Gasteiger partial charge in [0.1, 0.15) is 5.82 Å². The summed E-state index contributed by atoms with van der Waals surface area (Å²) in [6.07, 6.45) is 4.54. The Kier molecular flexibility index (Phi) is 5.03. The summed E-state index contributed by atoms with van der Waals surface area (Å²) in [5, 5.41) is 2.03. The molecule has 0 bridgehead atoms. The molecular formula is C17H22N4OS. The quantitative estimate of drug-likeness (QED) is 0.844. The lowest BCUT2D eigenvalue weighted by Crippen LogP contribution is -2.37. The highest BCUT2D eigenvalue weighted by Gasteiger charge is 2.31. The molecule has 0 aliphatic carbocycles. The molecule has 5 nitrogen and oxygen atoms in total. The van der Waals surface area contributed by atoms with Crippen LogP contribution in [0.3, 0.4) is 0 Å². The van der Waals surface area contributed by atoms with Crippen LogP contribution < -0.4 is 0 Å². The van der Waals surface area contributed by atoms with Crippen LogP contribution in [0.5, 0.6) is 0 Å². The molecule has 1 amide bonds. The molecule has 0 aromatic carbocycles. The second-order valence-corrected chi connectivity index (χ2v) is 7.02. The van der Waals surface area contributed by atoms with Crippen LogP contribution >= 0.6 is 11.3 Å². The third kappa shape index (κ3) is 3.76. The van der Waals surface area contributed by atoms with Crippen LogP contribution in [0, 0.1) is 0 Å². The van der Waals surface area contributed by atoms with Gasteiger partial charge in [-0.15, -0.1) is 11.3 Å². The van der Waals surface area contributed by atoms with Crippen molar-refractivity contribution in [1.82, 2.24) is 19.8 Å². The first kappa shape index (κ1) is 16.1. The van der Waals surface area contributed by atoms with Crippen molar-refractivity contribution in [2.75, 3.05) is 20.1 Å². The van der Waals surface area contributed by atoms with E-state index in [1.54, 1.807) is 23.7 Å². The van der Waals surface area contributed by atoms with Crippen molar-refractivity contribution in [3.8, 4) is 0 Å². The summed E-state index contributed by atoms with van der Waals surface area (Å²) in [5.74, 6) is 1.02. The number of likely N-dealkylation sites (tertiary alicyclic amines) is 1. The van der Waals surface area contributed by atoms with Crippen LogP contribution in [-0.2, 0) is 11.3 Å². The van der Waals surface area contributed by atoms with Gasteiger partial charge in [-0.25, -0.2) is 9.97 Å². The van der Waals surface area contributed by atoms with Crippen LogP contribution in [0.1, 0.15) is 30.0 Å². The van der Waals surface area contributed by atoms with E-state index in [4.69, 9.17) is 0 Å². The van der Waals surface area contributed by atoms with E-state index in [1.807, 2.05) is 35.4 Å². The lowest BCUT2D eigenvalue weighted by molar-refractivity contribution is -0.131. The molecule has 2 aromatic heterocycles. The van der Waals surface area contributed by atoms with E-state index in [1.165, 1.54) is 0 Å². The van der Waals surface area contributed by atoms with Gasteiger partial charge < -0.3 is 4.90 Å². The molecule has 0 saturated carbocycles. The van der Waals surface area contributed by atoms with Crippen LogP contribution in [0.25, 0.3) is 0 Å². The minimum atomic E-state index is -0.0449. The molecule has 23 heavy (non-hydrogen) atoms. The average Bonchev–Trinajstić information content (AvgIpc) is 3.26. The number of hydrogen-bond acceptors (Lipinski definition) is 5. The molecule has 2 aromatic rings. The third-order valence-corrected chi connectivity index (χ3v) is 5.50. The Morgan fingerprint density at radius 3 is 2.91 bits per heavy atom. The molecule has 0 spiro atoms. The molecule has 6 heteroatoms. The van der Waals surface area contributed by atoms with Gasteiger partial charge in [0.05, 0.1) is 12.5 Å². The first-order valence-corrected chi connectivity index (χ1v) is 8.81. The van der Waals surface area contributed by atoms with Gasteiger partial charge in [-0.05, 0) is 37.9 Å². The van der Waals surface area contributed by atoms with E-state index in [-0.39, 0.29) is 11.8 Å². The van der Waals surface area contributed by atoms with Gasteiger partial charge in [0.25, 0.3) is 0 Å². The molecule has 1 saturated heterocycles. The maximum absolute atomic E-state index is 12.7. The van der Waals surface area contributed by atoms with E-state index in [9.17, 15) is 4.79 Å². The first-order valence-electron chi connectivity index (χ1n) is 7.93. The van der Waals surface area contributed by atoms with Gasteiger partial charge in [-0.2, -0.15) is 0 Å². The fraction of sp³-hybridized carbons (Fsp3) is 0.471. The summed E-state index contributed by atoms with van der Waals surface area (Å²) in [7, 11) is 2.08. The number of hydrogen-bond donors (Lipinski definition) is 0. The number of carbonyl (C=O) groups is 1. The van der Waals surface area contributed by atoms with Crippen LogP contribution in [0.2, 0.25) is 0 Å². The molecule has 1 fully saturated rings. The van der Waals surface area contributed by atoms with Gasteiger partial charge in [0, 0.05) is 36.4 Å². The summed E-state index contributed by atoms with van der Waals surface area (Å²) in [5.41, 5.74) is 0. The monoisotopic (exact) mass is 330 g/mol. The Hall–Kier alpha value is -1.79. The molecular weight excluding hydrogens is 308 g/mol. The number of amides is 1. The van der Waals surface area contributed by atoms with Crippen molar-refractivity contribution >= 4 is 17.2 Å². The Morgan fingerprint density at radius 2 is 2.22 bits per heavy atom. The lowest BCUT2D eigenvalue weighted by Gasteiger charge is -2.25. The normalized spacial score (nSPS) is 19.3. The molecule has 122 valence electrons. The Balaban J connectivity index is 1.56. The molecule has 0 unspecified atom stereocenters. The second-order valence-electron chi connectivity index (χ2n) is 6.04. The molecule has 0 radical (unpaired) electrons. The van der Waals surface area contributed by atoms with Crippen molar-refractivity contribution in [3.05, 3.63) is 46.7 Å². The lowest BCUT2D eigenvalue weighted by atomic mass is 10.1. The van der Waals surface area contributed by atoms with E-state index in [0.717, 1.165) is 30.2 Å². The smallest absolute Gasteiger partial charge is 0.230 e. The minimum absolute atomic E-state index is 0.0449. The Morgan fingerprint density at radius 1 is 1.43 bits per heavy atom. The summed E-state index contributed by atoms with van der Waals surface area (Å²) in [4.78, 5) is 26.6. The molecule has 1 aliphatic rings. The predicted octanol–water partition coefficient (Wildman–Crippen LogP) is 2.37. The van der Waals surface area contributed by atoms with Crippen LogP contribution in [0.15, 0.2) is 36.0 Å². The fourth-order valence-electron chi connectivity index (χ4n) is 3.00. The maximum atomic E-state index is 12.7. The van der Waals surface area contributed by atoms with Crippen molar-refractivity contribution in [3.63, 3.8) is 0 Å². The number of likely N-dealkylation sites (N-methyl/N-ethyl adjacent to an activating group) is 1. The summed E-state index contributed by atoms with van der Waals surface area (Å²) in [6, 6.07) is 6.24. The summed E-state index contributed by atoms with van der Waals surface area (Å²) < 4.78 is 0. The molecule has 3 heterocycles. The second kappa shape index (κ2) is 7.19. The molecule has 2 atom stereocenters. The zero-order valence-corrected chi connectivity index (χ0v) is 14.4. The van der Waals surface area contributed by atoms with E-state index < -0.39 is 0 Å². The standard InChI is InChI=1S/C17H22N4OS/c1-13(15-5-3-10-23-15)17(22)21-9-6-14(11-21)20(2)12-16-18-7-4-8-19-16/h3-5,7-8,10,13-14H,6,9,11-12H2,1-2H3/t13-,14-/m0/s1. The van der Waals surface area contributed by atoms with Crippen molar-refractivity contribution in [1.29, 1.82) is 0 Å². The van der Waals surface area contributed by atoms with Gasteiger partial charge >= 0.3 is 0 Å². The Bertz CT molecular complexity index is 631. The van der Waals surface area contributed by atoms with E-state index in [0.29, 0.717) is 12.6 Å². The van der Waals surface area contributed by atoms with Gasteiger partial charge in [-0.1, -0.05) is 6.07 Å². The minimum Gasteiger partial charge on any atom is -0.341 e. The fourth-order valence-corrected chi connectivity index (χ4v) is 3.78. The topological polar surface area (TPSA) is 49.3 Å². The van der Waals surface area contributed by atoms with Crippen molar-refractivity contribution < 1.29 is 4.79 Å². The summed E-state index contributed by atoms with van der Waals surface area (Å²) >= 11 is 1.65. The van der Waals surface area contributed by atoms with Gasteiger partial charge in [0.15, 0.2) is 0 Å². The zero-order valence-electron chi connectivity index (χ0n) is 13.6. The first-order chi connectivity index (χ1) is 11.1. The molecule has 0 N–H and O–H groups in total.